The van der Waals surface area contributed by atoms with Crippen LogP contribution < -0.4 is 0 Å². The molecule has 1 aliphatic carbocycles. The van der Waals surface area contributed by atoms with Crippen LogP contribution in [0.4, 0.5) is 0 Å². The minimum atomic E-state index is -0.710. The Kier molecular flexibility index (Phi) is 5.51. The number of carbonyl (C=O) groups excluding carboxylic acids is 2. The molecule has 0 aliphatic heterocycles. The van der Waals surface area contributed by atoms with E-state index < -0.39 is 11.9 Å². The van der Waals surface area contributed by atoms with Crippen LogP contribution in [0.15, 0.2) is 6.20 Å². The first-order valence-electron chi connectivity index (χ1n) is 8.05. The molecular formula is C16H26N4O3. The summed E-state index contributed by atoms with van der Waals surface area (Å²) in [5.41, 5.74) is 0.842. The van der Waals surface area contributed by atoms with E-state index in [1.54, 1.807) is 4.68 Å². The van der Waals surface area contributed by atoms with E-state index in [9.17, 15) is 9.59 Å². The van der Waals surface area contributed by atoms with Crippen molar-refractivity contribution in [3.63, 3.8) is 0 Å². The number of ketones is 1. The minimum absolute atomic E-state index is 0.0257. The van der Waals surface area contributed by atoms with Crippen molar-refractivity contribution in [3.8, 4) is 0 Å². The Morgan fingerprint density at radius 2 is 2.17 bits per heavy atom. The molecule has 0 aromatic carbocycles. The third-order valence-electron chi connectivity index (χ3n) is 4.40. The lowest BCUT2D eigenvalue weighted by Crippen LogP contribution is -2.37. The molecule has 2 rings (SSSR count). The fourth-order valence-electron chi connectivity index (χ4n) is 3.14. The molecule has 128 valence electrons. The van der Waals surface area contributed by atoms with Crippen molar-refractivity contribution in [2.24, 2.45) is 17.8 Å². The second-order valence-electron chi connectivity index (χ2n) is 6.59. The second-order valence-corrected chi connectivity index (χ2v) is 6.59. The number of Topliss-reactive ketones (excluding diaryl/α,β-unsaturated/α-hetero) is 1. The molecule has 0 N–H and O–H groups in total. The number of methoxy groups -OCH3 is 1. The lowest BCUT2D eigenvalue weighted by atomic mass is 9.87. The van der Waals surface area contributed by atoms with Crippen molar-refractivity contribution in [3.05, 3.63) is 11.9 Å². The fourth-order valence-corrected chi connectivity index (χ4v) is 3.14. The molecule has 1 fully saturated rings. The Bertz CT molecular complexity index is 569. The highest BCUT2D eigenvalue weighted by molar-refractivity contribution is 6.02. The average Bonchev–Trinajstić information content (AvgIpc) is 3.16. The first-order valence-corrected chi connectivity index (χ1v) is 8.05. The second kappa shape index (κ2) is 7.21. The molecule has 7 nitrogen and oxygen atoms in total. The SMILES string of the molecule is CCn1cc([C@H]2C[C@@H]2C(=O)C(C(=O)OC)C(C)CN(C)C)nn1. The van der Waals surface area contributed by atoms with Gasteiger partial charge in [-0.25, -0.2) is 0 Å². The van der Waals surface area contributed by atoms with Crippen molar-refractivity contribution in [1.29, 1.82) is 0 Å². The Labute approximate surface area is 137 Å². The van der Waals surface area contributed by atoms with Crippen molar-refractivity contribution in [2.45, 2.75) is 32.7 Å². The van der Waals surface area contributed by atoms with Gasteiger partial charge in [0.1, 0.15) is 5.92 Å². The molecule has 1 aromatic rings. The highest BCUT2D eigenvalue weighted by atomic mass is 16.5. The van der Waals surface area contributed by atoms with E-state index in [1.807, 2.05) is 39.0 Å². The number of hydrogen-bond acceptors (Lipinski definition) is 6. The van der Waals surface area contributed by atoms with Gasteiger partial charge in [0.2, 0.25) is 0 Å². The number of esters is 1. The molecule has 2 unspecified atom stereocenters. The predicted octanol–water partition coefficient (Wildman–Crippen LogP) is 0.957. The van der Waals surface area contributed by atoms with E-state index in [-0.39, 0.29) is 23.5 Å². The van der Waals surface area contributed by atoms with Gasteiger partial charge in [-0.15, -0.1) is 5.10 Å². The number of carbonyl (C=O) groups is 2. The van der Waals surface area contributed by atoms with Crippen LogP contribution in [0.2, 0.25) is 0 Å². The quantitative estimate of drug-likeness (QED) is 0.524. The number of nitrogens with zero attached hydrogens (tertiary/aromatic N) is 4. The van der Waals surface area contributed by atoms with Crippen LogP contribution in [-0.4, -0.2) is 59.4 Å². The Morgan fingerprint density at radius 1 is 1.48 bits per heavy atom. The fraction of sp³-hybridized carbons (Fsp3) is 0.750. The molecular weight excluding hydrogens is 296 g/mol. The molecule has 23 heavy (non-hydrogen) atoms. The Balaban J connectivity index is 2.08. The molecule has 0 amide bonds. The van der Waals surface area contributed by atoms with Gasteiger partial charge in [0.05, 0.1) is 12.8 Å². The first kappa shape index (κ1) is 17.6. The van der Waals surface area contributed by atoms with Crippen LogP contribution in [0.3, 0.4) is 0 Å². The molecule has 4 atom stereocenters. The van der Waals surface area contributed by atoms with Crippen molar-refractivity contribution < 1.29 is 14.3 Å². The highest BCUT2D eigenvalue weighted by Gasteiger charge is 2.50. The zero-order chi connectivity index (χ0) is 17.1. The molecule has 7 heteroatoms. The normalized spacial score (nSPS) is 22.7. The summed E-state index contributed by atoms with van der Waals surface area (Å²) >= 11 is 0. The van der Waals surface area contributed by atoms with Crippen LogP contribution in [0.1, 0.15) is 31.9 Å². The molecule has 0 saturated heterocycles. The van der Waals surface area contributed by atoms with E-state index in [1.165, 1.54) is 7.11 Å². The smallest absolute Gasteiger partial charge is 0.316 e. The third-order valence-corrected chi connectivity index (χ3v) is 4.40. The van der Waals surface area contributed by atoms with Gasteiger partial charge in [0.25, 0.3) is 0 Å². The predicted molar refractivity (Wildman–Crippen MR) is 84.8 cm³/mol. The van der Waals surface area contributed by atoms with E-state index in [2.05, 4.69) is 10.3 Å². The molecule has 0 radical (unpaired) electrons. The number of hydrogen-bond donors (Lipinski definition) is 0. The summed E-state index contributed by atoms with van der Waals surface area (Å²) in [6.07, 6.45) is 2.62. The summed E-state index contributed by atoms with van der Waals surface area (Å²) in [5, 5.41) is 8.15. The monoisotopic (exact) mass is 322 g/mol. The summed E-state index contributed by atoms with van der Waals surface area (Å²) < 4.78 is 6.62. The topological polar surface area (TPSA) is 77.3 Å². The van der Waals surface area contributed by atoms with Crippen LogP contribution in [0.25, 0.3) is 0 Å². The van der Waals surface area contributed by atoms with Gasteiger partial charge in [-0.2, -0.15) is 0 Å². The van der Waals surface area contributed by atoms with E-state index in [4.69, 9.17) is 4.74 Å². The van der Waals surface area contributed by atoms with Gasteiger partial charge in [0.15, 0.2) is 5.78 Å². The van der Waals surface area contributed by atoms with Crippen molar-refractivity contribution in [1.82, 2.24) is 19.9 Å². The van der Waals surface area contributed by atoms with Crippen LogP contribution in [0, 0.1) is 17.8 Å². The first-order chi connectivity index (χ1) is 10.9. The lowest BCUT2D eigenvalue weighted by molar-refractivity contribution is -0.152. The summed E-state index contributed by atoms with van der Waals surface area (Å²) in [6, 6.07) is 0. The number of ether oxygens (including phenoxy) is 1. The van der Waals surface area contributed by atoms with Gasteiger partial charge in [0, 0.05) is 31.1 Å². The molecule has 1 heterocycles. The maximum Gasteiger partial charge on any atom is 0.316 e. The maximum absolute atomic E-state index is 12.8. The van der Waals surface area contributed by atoms with Crippen molar-refractivity contribution >= 4 is 11.8 Å². The maximum atomic E-state index is 12.8. The van der Waals surface area contributed by atoms with Crippen LogP contribution in [0.5, 0.6) is 0 Å². The standard InChI is InChI=1S/C16H26N4O3/c1-6-20-9-13(17-18-20)11-7-12(11)15(21)14(16(22)23-5)10(2)8-19(3)4/h9-12,14H,6-8H2,1-5H3/t10?,11-,12-,14?/m0/s1. The average molecular weight is 322 g/mol. The van der Waals surface area contributed by atoms with E-state index >= 15 is 0 Å². The van der Waals surface area contributed by atoms with Gasteiger partial charge < -0.3 is 9.64 Å². The number of aromatic nitrogens is 3. The Hall–Kier alpha value is -1.76. The summed E-state index contributed by atoms with van der Waals surface area (Å²) in [4.78, 5) is 26.9. The van der Waals surface area contributed by atoms with Gasteiger partial charge >= 0.3 is 5.97 Å². The van der Waals surface area contributed by atoms with E-state index in [0.29, 0.717) is 6.54 Å². The molecule has 1 aliphatic rings. The van der Waals surface area contributed by atoms with E-state index in [0.717, 1.165) is 18.7 Å². The summed E-state index contributed by atoms with van der Waals surface area (Å²) in [7, 11) is 5.19. The third kappa shape index (κ3) is 3.96. The van der Waals surface area contributed by atoms with Gasteiger partial charge in [-0.05, 0) is 33.4 Å². The molecule has 1 aromatic heterocycles. The van der Waals surface area contributed by atoms with Crippen LogP contribution in [-0.2, 0) is 20.9 Å². The van der Waals surface area contributed by atoms with Gasteiger partial charge in [-0.3, -0.25) is 14.3 Å². The zero-order valence-electron chi connectivity index (χ0n) is 14.5. The summed E-state index contributed by atoms with van der Waals surface area (Å²) in [6.45, 7) is 5.33. The van der Waals surface area contributed by atoms with Gasteiger partial charge in [-0.1, -0.05) is 12.1 Å². The molecule has 1 saturated carbocycles. The lowest BCUT2D eigenvalue weighted by Gasteiger charge is -2.23. The van der Waals surface area contributed by atoms with Crippen molar-refractivity contribution in [2.75, 3.05) is 27.7 Å². The summed E-state index contributed by atoms with van der Waals surface area (Å²) in [5.74, 6) is -1.32. The number of aryl methyl sites for hydroxylation is 1. The molecule has 0 spiro atoms. The van der Waals surface area contributed by atoms with Crippen LogP contribution >= 0.6 is 0 Å². The number of rotatable bonds is 8. The largest absolute Gasteiger partial charge is 0.468 e. The minimum Gasteiger partial charge on any atom is -0.468 e. The molecule has 0 bridgehead atoms. The Morgan fingerprint density at radius 3 is 2.70 bits per heavy atom. The highest BCUT2D eigenvalue weighted by Crippen LogP contribution is 2.49. The zero-order valence-corrected chi connectivity index (χ0v) is 14.5.